The normalized spacial score (nSPS) is 18.7. The summed E-state index contributed by atoms with van der Waals surface area (Å²) in [6.07, 6.45) is 3.93. The second-order valence-corrected chi connectivity index (χ2v) is 8.16. The summed E-state index contributed by atoms with van der Waals surface area (Å²) in [5.41, 5.74) is -0.0668. The van der Waals surface area contributed by atoms with Gasteiger partial charge in [-0.05, 0) is 32.3 Å². The minimum atomic E-state index is -0.725. The number of pyridine rings is 1. The predicted octanol–water partition coefficient (Wildman–Crippen LogP) is 3.02. The van der Waals surface area contributed by atoms with Crippen LogP contribution in [0.4, 0.5) is 10.1 Å². The van der Waals surface area contributed by atoms with Crippen LogP contribution in [0.5, 0.6) is 0 Å². The van der Waals surface area contributed by atoms with Crippen LogP contribution < -0.4 is 15.6 Å². The number of esters is 1. The van der Waals surface area contributed by atoms with E-state index in [4.69, 9.17) is 16.3 Å². The summed E-state index contributed by atoms with van der Waals surface area (Å²) in [6, 6.07) is 1.17. The molecule has 2 fully saturated rings. The summed E-state index contributed by atoms with van der Waals surface area (Å²) in [7, 11) is 0. The number of hydrogen-bond acceptors (Lipinski definition) is 5. The maximum atomic E-state index is 15.2. The Labute approximate surface area is 177 Å². The van der Waals surface area contributed by atoms with Crippen molar-refractivity contribution >= 4 is 40.1 Å². The number of halogens is 2. The maximum absolute atomic E-state index is 15.2. The Kier molecular flexibility index (Phi) is 5.44. The van der Waals surface area contributed by atoms with Crippen LogP contribution in [0.15, 0.2) is 17.1 Å². The first-order valence-corrected chi connectivity index (χ1v) is 10.5. The molecule has 1 aromatic heterocycles. The zero-order valence-electron chi connectivity index (χ0n) is 16.8. The number of benzene rings is 1. The zero-order valence-corrected chi connectivity index (χ0v) is 17.6. The fraction of sp³-hybridized carbons (Fsp3) is 0.476. The molecule has 7 nitrogen and oxygen atoms in total. The first-order chi connectivity index (χ1) is 14.3. The van der Waals surface area contributed by atoms with Crippen LogP contribution in [-0.2, 0) is 9.53 Å². The minimum absolute atomic E-state index is 0.0660. The molecule has 1 atom stereocenters. The Bertz CT molecular complexity index is 1100. The molecule has 1 N–H and O–H groups in total. The SMILES string of the molecule is CCOC(=O)c1cn(C2CC2)c2c(Cl)c(N3CCC(NC(C)=O)C3)c(F)cc2c1=O. The van der Waals surface area contributed by atoms with Crippen LogP contribution in [-0.4, -0.2) is 42.2 Å². The van der Waals surface area contributed by atoms with Gasteiger partial charge in [0.2, 0.25) is 11.3 Å². The zero-order chi connectivity index (χ0) is 21.6. The van der Waals surface area contributed by atoms with E-state index in [-0.39, 0.29) is 46.3 Å². The summed E-state index contributed by atoms with van der Waals surface area (Å²) in [5.74, 6) is -1.49. The van der Waals surface area contributed by atoms with Crippen molar-refractivity contribution in [3.63, 3.8) is 0 Å². The Balaban J connectivity index is 1.85. The van der Waals surface area contributed by atoms with E-state index in [0.29, 0.717) is 25.0 Å². The lowest BCUT2D eigenvalue weighted by molar-refractivity contribution is -0.119. The van der Waals surface area contributed by atoms with Gasteiger partial charge in [0.15, 0.2) is 0 Å². The monoisotopic (exact) mass is 435 g/mol. The number of amides is 1. The van der Waals surface area contributed by atoms with E-state index in [1.54, 1.807) is 16.4 Å². The lowest BCUT2D eigenvalue weighted by Gasteiger charge is -2.23. The summed E-state index contributed by atoms with van der Waals surface area (Å²) in [4.78, 5) is 38.4. The number of fused-ring (bicyclic) bond motifs is 1. The van der Waals surface area contributed by atoms with Crippen LogP contribution in [0.1, 0.15) is 49.5 Å². The standard InChI is InChI=1S/C21H23ClFN3O4/c1-3-30-21(29)15-10-26(13-4-5-13)18-14(20(15)28)8-16(23)19(17(18)22)25-7-6-12(9-25)24-11(2)27/h8,10,12-13H,3-7,9H2,1-2H3,(H,24,27). The molecule has 0 spiro atoms. The van der Waals surface area contributed by atoms with Crippen molar-refractivity contribution in [1.82, 2.24) is 9.88 Å². The van der Waals surface area contributed by atoms with E-state index in [1.165, 1.54) is 13.1 Å². The van der Waals surface area contributed by atoms with Gasteiger partial charge in [-0.3, -0.25) is 9.59 Å². The Morgan fingerprint density at radius 3 is 2.70 bits per heavy atom. The van der Waals surface area contributed by atoms with Crippen LogP contribution in [0.25, 0.3) is 10.9 Å². The van der Waals surface area contributed by atoms with E-state index in [9.17, 15) is 14.4 Å². The molecule has 4 rings (SSSR count). The lowest BCUT2D eigenvalue weighted by Crippen LogP contribution is -2.35. The van der Waals surface area contributed by atoms with Gasteiger partial charge >= 0.3 is 5.97 Å². The topological polar surface area (TPSA) is 80.6 Å². The third-order valence-corrected chi connectivity index (χ3v) is 5.89. The Hall–Kier alpha value is -2.61. The molecule has 1 aliphatic heterocycles. The van der Waals surface area contributed by atoms with Gasteiger partial charge in [0.25, 0.3) is 0 Å². The van der Waals surface area contributed by atoms with Crippen molar-refractivity contribution in [2.24, 2.45) is 0 Å². The summed E-state index contributed by atoms with van der Waals surface area (Å²) < 4.78 is 22.0. The smallest absolute Gasteiger partial charge is 0.343 e. The summed E-state index contributed by atoms with van der Waals surface area (Å²) in [6.45, 7) is 4.20. The number of carbonyl (C=O) groups excluding carboxylic acids is 2. The average molecular weight is 436 g/mol. The molecule has 1 saturated carbocycles. The number of rotatable bonds is 5. The number of nitrogens with one attached hydrogen (secondary N) is 1. The van der Waals surface area contributed by atoms with Gasteiger partial charge in [-0.2, -0.15) is 0 Å². The van der Waals surface area contributed by atoms with Crippen molar-refractivity contribution in [1.29, 1.82) is 0 Å². The molecule has 9 heteroatoms. The van der Waals surface area contributed by atoms with Gasteiger partial charge in [0.1, 0.15) is 11.4 Å². The molecule has 160 valence electrons. The Morgan fingerprint density at radius 1 is 1.33 bits per heavy atom. The number of nitrogens with zero attached hydrogens (tertiary/aromatic N) is 2. The summed E-state index contributed by atoms with van der Waals surface area (Å²) in [5, 5.41) is 3.06. The first kappa shape index (κ1) is 20.7. The Morgan fingerprint density at radius 2 is 2.07 bits per heavy atom. The van der Waals surface area contributed by atoms with Gasteiger partial charge in [-0.25, -0.2) is 9.18 Å². The quantitative estimate of drug-likeness (QED) is 0.730. The first-order valence-electron chi connectivity index (χ1n) is 10.1. The van der Waals surface area contributed by atoms with E-state index >= 15 is 4.39 Å². The third-order valence-electron chi connectivity index (χ3n) is 5.53. The number of carbonyl (C=O) groups is 2. The molecule has 1 unspecified atom stereocenters. The molecular weight excluding hydrogens is 413 g/mol. The predicted molar refractivity (Wildman–Crippen MR) is 112 cm³/mol. The number of aromatic nitrogens is 1. The number of hydrogen-bond donors (Lipinski definition) is 1. The van der Waals surface area contributed by atoms with Crippen molar-refractivity contribution in [2.45, 2.75) is 45.2 Å². The van der Waals surface area contributed by atoms with Gasteiger partial charge in [-0.15, -0.1) is 0 Å². The van der Waals surface area contributed by atoms with Crippen LogP contribution >= 0.6 is 11.6 Å². The van der Waals surface area contributed by atoms with Crippen molar-refractivity contribution in [3.8, 4) is 0 Å². The molecule has 2 heterocycles. The van der Waals surface area contributed by atoms with Gasteiger partial charge in [-0.1, -0.05) is 11.6 Å². The fourth-order valence-electron chi connectivity index (χ4n) is 4.08. The van der Waals surface area contributed by atoms with E-state index < -0.39 is 17.2 Å². The molecule has 0 bridgehead atoms. The second kappa shape index (κ2) is 7.91. The third kappa shape index (κ3) is 3.64. The molecule has 2 aliphatic rings. The molecule has 1 aliphatic carbocycles. The molecule has 1 amide bonds. The molecular formula is C21H23ClFN3O4. The molecule has 1 saturated heterocycles. The highest BCUT2D eigenvalue weighted by atomic mass is 35.5. The second-order valence-electron chi connectivity index (χ2n) is 7.78. The lowest BCUT2D eigenvalue weighted by atomic mass is 10.1. The average Bonchev–Trinajstić information content (AvgIpc) is 3.42. The van der Waals surface area contributed by atoms with Crippen molar-refractivity contribution in [3.05, 3.63) is 38.9 Å². The molecule has 2 aromatic rings. The van der Waals surface area contributed by atoms with Gasteiger partial charge in [0, 0.05) is 38.3 Å². The molecule has 30 heavy (non-hydrogen) atoms. The van der Waals surface area contributed by atoms with Crippen LogP contribution in [0, 0.1) is 5.82 Å². The molecule has 1 aromatic carbocycles. The highest BCUT2D eigenvalue weighted by Crippen LogP contribution is 2.42. The van der Waals surface area contributed by atoms with Crippen LogP contribution in [0.2, 0.25) is 5.02 Å². The van der Waals surface area contributed by atoms with Gasteiger partial charge < -0.3 is 19.5 Å². The highest BCUT2D eigenvalue weighted by molar-refractivity contribution is 6.38. The van der Waals surface area contributed by atoms with E-state index in [2.05, 4.69) is 5.32 Å². The van der Waals surface area contributed by atoms with E-state index in [1.807, 2.05) is 0 Å². The van der Waals surface area contributed by atoms with Crippen molar-refractivity contribution in [2.75, 3.05) is 24.6 Å². The van der Waals surface area contributed by atoms with Gasteiger partial charge in [0.05, 0.1) is 28.2 Å². The highest BCUT2D eigenvalue weighted by Gasteiger charge is 2.32. The maximum Gasteiger partial charge on any atom is 0.343 e. The van der Waals surface area contributed by atoms with Crippen LogP contribution in [0.3, 0.4) is 0 Å². The minimum Gasteiger partial charge on any atom is -0.462 e. The fourth-order valence-corrected chi connectivity index (χ4v) is 4.49. The number of ether oxygens (including phenoxy) is 1. The number of anilines is 1. The van der Waals surface area contributed by atoms with E-state index in [0.717, 1.165) is 18.9 Å². The van der Waals surface area contributed by atoms with Crippen molar-refractivity contribution < 1.29 is 18.7 Å². The summed E-state index contributed by atoms with van der Waals surface area (Å²) >= 11 is 6.68. The molecule has 0 radical (unpaired) electrons. The largest absolute Gasteiger partial charge is 0.462 e.